The van der Waals surface area contributed by atoms with Gasteiger partial charge in [0.05, 0.1) is 0 Å². The Hall–Kier alpha value is -0.820. The van der Waals surface area contributed by atoms with Crippen LogP contribution in [0.25, 0.3) is 0 Å². The average Bonchev–Trinajstić information content (AvgIpc) is 2.78. The quantitative estimate of drug-likeness (QED) is 0.797. The van der Waals surface area contributed by atoms with E-state index in [0.29, 0.717) is 6.04 Å². The number of benzene rings is 1. The molecule has 1 saturated carbocycles. The molecule has 0 spiro atoms. The van der Waals surface area contributed by atoms with Gasteiger partial charge in [-0.3, -0.25) is 0 Å². The first-order valence-corrected chi connectivity index (χ1v) is 8.00. The molecular weight excluding hydrogens is 230 g/mol. The van der Waals surface area contributed by atoms with Gasteiger partial charge in [-0.1, -0.05) is 50.6 Å². The first-order valence-electron chi connectivity index (χ1n) is 8.00. The molecule has 0 radical (unpaired) electrons. The highest BCUT2D eigenvalue weighted by Crippen LogP contribution is 2.34. The SMILES string of the molecule is CCC1CCC(NC(C)CCc2ccccc2)C1C. The minimum absolute atomic E-state index is 0.628. The van der Waals surface area contributed by atoms with Crippen LogP contribution in [0.15, 0.2) is 30.3 Å². The van der Waals surface area contributed by atoms with E-state index < -0.39 is 0 Å². The lowest BCUT2D eigenvalue weighted by atomic mass is 9.93. The van der Waals surface area contributed by atoms with Crippen LogP contribution in [0.5, 0.6) is 0 Å². The lowest BCUT2D eigenvalue weighted by Gasteiger charge is -2.25. The largest absolute Gasteiger partial charge is 0.311 e. The fourth-order valence-corrected chi connectivity index (χ4v) is 3.54. The summed E-state index contributed by atoms with van der Waals surface area (Å²) in [5.41, 5.74) is 1.46. The van der Waals surface area contributed by atoms with Crippen molar-refractivity contribution in [3.05, 3.63) is 35.9 Å². The Morgan fingerprint density at radius 2 is 1.95 bits per heavy atom. The Labute approximate surface area is 118 Å². The molecule has 4 unspecified atom stereocenters. The van der Waals surface area contributed by atoms with Crippen LogP contribution in [0.1, 0.15) is 52.0 Å². The third-order valence-electron chi connectivity index (χ3n) is 4.96. The number of rotatable bonds is 6. The molecular formula is C18H29N. The van der Waals surface area contributed by atoms with E-state index in [-0.39, 0.29) is 0 Å². The fraction of sp³-hybridized carbons (Fsp3) is 0.667. The maximum atomic E-state index is 3.86. The topological polar surface area (TPSA) is 12.0 Å². The van der Waals surface area contributed by atoms with Crippen molar-refractivity contribution in [1.29, 1.82) is 0 Å². The standard InChI is InChI=1S/C18H29N/c1-4-17-12-13-18(15(17)3)19-14(2)10-11-16-8-6-5-7-9-16/h5-9,14-15,17-19H,4,10-13H2,1-3H3. The summed E-state index contributed by atoms with van der Waals surface area (Å²) in [6.07, 6.45) is 6.56. The van der Waals surface area contributed by atoms with Crippen LogP contribution in [0.3, 0.4) is 0 Å². The van der Waals surface area contributed by atoms with E-state index in [0.717, 1.165) is 17.9 Å². The molecule has 1 nitrogen and oxygen atoms in total. The molecule has 1 fully saturated rings. The van der Waals surface area contributed by atoms with E-state index in [9.17, 15) is 0 Å². The van der Waals surface area contributed by atoms with Crippen LogP contribution in [-0.2, 0) is 6.42 Å². The fourth-order valence-electron chi connectivity index (χ4n) is 3.54. The second kappa shape index (κ2) is 7.09. The number of nitrogens with one attached hydrogen (secondary N) is 1. The first kappa shape index (κ1) is 14.6. The average molecular weight is 259 g/mol. The maximum Gasteiger partial charge on any atom is 0.00979 e. The van der Waals surface area contributed by atoms with Gasteiger partial charge >= 0.3 is 0 Å². The normalized spacial score (nSPS) is 28.5. The summed E-state index contributed by atoms with van der Waals surface area (Å²) in [5, 5.41) is 3.86. The predicted molar refractivity (Wildman–Crippen MR) is 83.3 cm³/mol. The second-order valence-electron chi connectivity index (χ2n) is 6.30. The summed E-state index contributed by atoms with van der Waals surface area (Å²) in [6.45, 7) is 7.11. The zero-order chi connectivity index (χ0) is 13.7. The first-order chi connectivity index (χ1) is 9.20. The highest BCUT2D eigenvalue weighted by molar-refractivity contribution is 5.14. The molecule has 1 aromatic carbocycles. The van der Waals surface area contributed by atoms with Gasteiger partial charge in [-0.05, 0) is 50.0 Å². The van der Waals surface area contributed by atoms with E-state index in [1.165, 1.54) is 37.7 Å². The maximum absolute atomic E-state index is 3.86. The van der Waals surface area contributed by atoms with Crippen molar-refractivity contribution in [2.24, 2.45) is 11.8 Å². The number of aryl methyl sites for hydroxylation is 1. The van der Waals surface area contributed by atoms with Gasteiger partial charge in [0.1, 0.15) is 0 Å². The third-order valence-corrected chi connectivity index (χ3v) is 4.96. The van der Waals surface area contributed by atoms with E-state index in [1.54, 1.807) is 0 Å². The zero-order valence-corrected chi connectivity index (χ0v) is 12.7. The molecule has 106 valence electrons. The van der Waals surface area contributed by atoms with Crippen LogP contribution in [0.2, 0.25) is 0 Å². The lowest BCUT2D eigenvalue weighted by molar-refractivity contribution is 0.320. The van der Waals surface area contributed by atoms with Gasteiger partial charge in [0.15, 0.2) is 0 Å². The van der Waals surface area contributed by atoms with Crippen molar-refractivity contribution in [3.63, 3.8) is 0 Å². The van der Waals surface area contributed by atoms with Crippen molar-refractivity contribution in [2.75, 3.05) is 0 Å². The molecule has 0 aliphatic heterocycles. The zero-order valence-electron chi connectivity index (χ0n) is 12.7. The Morgan fingerprint density at radius 3 is 2.58 bits per heavy atom. The molecule has 1 N–H and O–H groups in total. The summed E-state index contributed by atoms with van der Waals surface area (Å²) < 4.78 is 0. The molecule has 4 atom stereocenters. The summed E-state index contributed by atoms with van der Waals surface area (Å²) in [7, 11) is 0. The summed E-state index contributed by atoms with van der Waals surface area (Å²) in [6, 6.07) is 12.2. The molecule has 1 aliphatic carbocycles. The molecule has 0 amide bonds. The molecule has 0 aromatic heterocycles. The van der Waals surface area contributed by atoms with Crippen LogP contribution in [-0.4, -0.2) is 12.1 Å². The van der Waals surface area contributed by atoms with Gasteiger partial charge in [0.2, 0.25) is 0 Å². The lowest BCUT2D eigenvalue weighted by Crippen LogP contribution is -2.39. The minimum atomic E-state index is 0.628. The van der Waals surface area contributed by atoms with Gasteiger partial charge in [0.25, 0.3) is 0 Å². The van der Waals surface area contributed by atoms with Gasteiger partial charge in [-0.2, -0.15) is 0 Å². The van der Waals surface area contributed by atoms with Crippen molar-refractivity contribution >= 4 is 0 Å². The smallest absolute Gasteiger partial charge is 0.00979 e. The molecule has 0 heterocycles. The number of hydrogen-bond acceptors (Lipinski definition) is 1. The second-order valence-corrected chi connectivity index (χ2v) is 6.30. The summed E-state index contributed by atoms with van der Waals surface area (Å²) in [4.78, 5) is 0. The van der Waals surface area contributed by atoms with Crippen molar-refractivity contribution < 1.29 is 0 Å². The summed E-state index contributed by atoms with van der Waals surface area (Å²) in [5.74, 6) is 1.79. The molecule has 1 aliphatic rings. The van der Waals surface area contributed by atoms with Crippen LogP contribution >= 0.6 is 0 Å². The van der Waals surface area contributed by atoms with Crippen LogP contribution < -0.4 is 5.32 Å². The highest BCUT2D eigenvalue weighted by Gasteiger charge is 2.31. The summed E-state index contributed by atoms with van der Waals surface area (Å²) >= 11 is 0. The van der Waals surface area contributed by atoms with Crippen molar-refractivity contribution in [3.8, 4) is 0 Å². The molecule has 0 saturated heterocycles. The highest BCUT2D eigenvalue weighted by atomic mass is 15.0. The predicted octanol–water partition coefficient (Wildman–Crippen LogP) is 4.42. The number of hydrogen-bond donors (Lipinski definition) is 1. The van der Waals surface area contributed by atoms with Crippen molar-refractivity contribution in [2.45, 2.75) is 65.0 Å². The third kappa shape index (κ3) is 4.07. The van der Waals surface area contributed by atoms with E-state index in [2.05, 4.69) is 56.4 Å². The van der Waals surface area contributed by atoms with Gasteiger partial charge in [-0.15, -0.1) is 0 Å². The molecule has 0 bridgehead atoms. The molecule has 1 aromatic rings. The van der Waals surface area contributed by atoms with E-state index in [1.807, 2.05) is 0 Å². The molecule has 1 heteroatoms. The molecule has 2 rings (SSSR count). The van der Waals surface area contributed by atoms with E-state index in [4.69, 9.17) is 0 Å². The Bertz CT molecular complexity index is 359. The Balaban J connectivity index is 1.74. The monoisotopic (exact) mass is 259 g/mol. The Kier molecular flexibility index (Phi) is 5.45. The van der Waals surface area contributed by atoms with Crippen LogP contribution in [0.4, 0.5) is 0 Å². The van der Waals surface area contributed by atoms with E-state index >= 15 is 0 Å². The Morgan fingerprint density at radius 1 is 1.21 bits per heavy atom. The molecule has 19 heavy (non-hydrogen) atoms. The van der Waals surface area contributed by atoms with Gasteiger partial charge in [-0.25, -0.2) is 0 Å². The van der Waals surface area contributed by atoms with Crippen LogP contribution in [0, 0.1) is 11.8 Å². The van der Waals surface area contributed by atoms with Gasteiger partial charge < -0.3 is 5.32 Å². The van der Waals surface area contributed by atoms with Gasteiger partial charge in [0, 0.05) is 12.1 Å². The minimum Gasteiger partial charge on any atom is -0.311 e. The van der Waals surface area contributed by atoms with Crippen molar-refractivity contribution in [1.82, 2.24) is 5.32 Å².